The molecule has 172 valence electrons. The number of hydrogen-bond acceptors (Lipinski definition) is 6. The Kier molecular flexibility index (Phi) is 5.74. The molecule has 5 rings (SSSR count). The highest BCUT2D eigenvalue weighted by atomic mass is 32.3. The number of nitrogens with zero attached hydrogens (tertiary/aromatic N) is 2. The third-order valence-electron chi connectivity index (χ3n) is 5.45. The fourth-order valence-electron chi connectivity index (χ4n) is 3.93. The quantitative estimate of drug-likeness (QED) is 0.294. The van der Waals surface area contributed by atoms with E-state index in [0.29, 0.717) is 11.6 Å². The average molecular weight is 493 g/mol. The van der Waals surface area contributed by atoms with Crippen LogP contribution in [0, 0.1) is 0 Å². The Bertz CT molecular complexity index is 1460. The molecule has 34 heavy (non-hydrogen) atoms. The molecular weight excluding hydrogens is 470 g/mol. The Labute approximate surface area is 201 Å². The zero-order valence-electron chi connectivity index (χ0n) is 18.2. The first-order valence-corrected chi connectivity index (χ1v) is 12.9. The van der Waals surface area contributed by atoms with Crippen LogP contribution < -0.4 is 15.8 Å². The summed E-state index contributed by atoms with van der Waals surface area (Å²) in [7, 11) is -3.56. The molecule has 2 heterocycles. The van der Waals surface area contributed by atoms with Gasteiger partial charge in [-0.05, 0) is 58.5 Å². The second kappa shape index (κ2) is 8.73. The molecule has 1 unspecified atom stereocenters. The molecule has 0 fully saturated rings. The highest BCUT2D eigenvalue weighted by molar-refractivity contribution is 7.95. The molecule has 1 atom stereocenters. The smallest absolute Gasteiger partial charge is 0.320 e. The summed E-state index contributed by atoms with van der Waals surface area (Å²) in [5.41, 5.74) is 5.39. The first kappa shape index (κ1) is 22.4. The maximum absolute atomic E-state index is 11.8. The molecule has 0 bridgehead atoms. The topological polar surface area (TPSA) is 130 Å². The summed E-state index contributed by atoms with van der Waals surface area (Å²) in [6.07, 6.45) is 3.59. The summed E-state index contributed by atoms with van der Waals surface area (Å²) in [4.78, 5) is 23.1. The molecule has 0 saturated heterocycles. The first-order valence-electron chi connectivity index (χ1n) is 10.5. The lowest BCUT2D eigenvalue weighted by Crippen LogP contribution is -2.20. The number of nitrogens with one attached hydrogen (secondary N) is 2. The number of carbonyl (C=O) groups excluding carboxylic acids is 1. The number of benzene rings is 2. The molecule has 0 radical (unpaired) electrons. The Morgan fingerprint density at radius 3 is 2.71 bits per heavy atom. The molecule has 0 spiro atoms. The SMILES string of the molecule is CC(=O)Nc1cccc(-c2cc3c(s2)CCc2cnc(Nc4cccc([S+](N)(=O)O)c4)nc2-3)c1. The lowest BCUT2D eigenvalue weighted by atomic mass is 9.96. The highest BCUT2D eigenvalue weighted by Crippen LogP contribution is 2.42. The van der Waals surface area contributed by atoms with E-state index >= 15 is 0 Å². The van der Waals surface area contributed by atoms with Gasteiger partial charge in [-0.1, -0.05) is 18.2 Å². The molecule has 2 aromatic carbocycles. The van der Waals surface area contributed by atoms with Crippen LogP contribution in [0.3, 0.4) is 0 Å². The minimum atomic E-state index is -3.56. The van der Waals surface area contributed by atoms with Crippen molar-refractivity contribution < 1.29 is 13.6 Å². The number of aryl methyl sites for hydroxylation is 2. The Hall–Kier alpha value is -3.44. The van der Waals surface area contributed by atoms with Crippen LogP contribution in [0.2, 0.25) is 0 Å². The molecule has 0 aliphatic heterocycles. The average Bonchev–Trinajstić information content (AvgIpc) is 3.24. The van der Waals surface area contributed by atoms with Crippen LogP contribution in [0.5, 0.6) is 0 Å². The second-order valence-electron chi connectivity index (χ2n) is 8.00. The molecule has 4 aromatic rings. The van der Waals surface area contributed by atoms with Crippen molar-refractivity contribution in [2.24, 2.45) is 5.14 Å². The van der Waals surface area contributed by atoms with Crippen molar-refractivity contribution in [3.8, 4) is 21.7 Å². The van der Waals surface area contributed by atoms with Gasteiger partial charge in [-0.2, -0.15) is 4.55 Å². The standard InChI is InChI=1S/C24H21N5O3S2/c1-14(30)27-17-5-2-4-15(10-17)22-12-20-21(33-22)9-8-16-13-26-24(29-23(16)20)28-18-6-3-7-19(11-18)34(25,31)32/h2-7,10-13H,8-9H2,1H3,(H4-,25,26,27,28,29,30,31,32)/p+1. The Morgan fingerprint density at radius 2 is 1.91 bits per heavy atom. The number of thiophene rings is 1. The van der Waals surface area contributed by atoms with Crippen LogP contribution in [0.4, 0.5) is 17.3 Å². The van der Waals surface area contributed by atoms with Crippen molar-refractivity contribution in [3.63, 3.8) is 0 Å². The van der Waals surface area contributed by atoms with E-state index in [9.17, 15) is 13.6 Å². The molecule has 1 aliphatic carbocycles. The number of fused-ring (bicyclic) bond motifs is 3. The summed E-state index contributed by atoms with van der Waals surface area (Å²) in [5, 5.41) is 11.3. The molecule has 1 aliphatic rings. The van der Waals surface area contributed by atoms with Crippen LogP contribution in [0.15, 0.2) is 65.7 Å². The van der Waals surface area contributed by atoms with E-state index in [0.717, 1.165) is 45.8 Å². The van der Waals surface area contributed by atoms with Gasteiger partial charge in [0.2, 0.25) is 16.8 Å². The Balaban J connectivity index is 1.47. The van der Waals surface area contributed by atoms with Gasteiger partial charge >= 0.3 is 10.4 Å². The van der Waals surface area contributed by atoms with Crippen molar-refractivity contribution in [1.29, 1.82) is 0 Å². The van der Waals surface area contributed by atoms with Gasteiger partial charge in [-0.3, -0.25) is 4.79 Å². The molecular formula is C24H22N5O3S2+. The van der Waals surface area contributed by atoms with Gasteiger partial charge in [-0.25, -0.2) is 9.97 Å². The van der Waals surface area contributed by atoms with Gasteiger partial charge in [-0.15, -0.1) is 16.5 Å². The van der Waals surface area contributed by atoms with Gasteiger partial charge in [0.15, 0.2) is 0 Å². The van der Waals surface area contributed by atoms with Crippen LogP contribution >= 0.6 is 11.3 Å². The monoisotopic (exact) mass is 492 g/mol. The van der Waals surface area contributed by atoms with E-state index in [4.69, 9.17) is 10.1 Å². The van der Waals surface area contributed by atoms with Crippen molar-refractivity contribution in [3.05, 3.63) is 71.2 Å². The van der Waals surface area contributed by atoms with Gasteiger partial charge in [0.05, 0.1) is 5.69 Å². The largest absolute Gasteiger partial charge is 0.326 e. The molecule has 2 aromatic heterocycles. The van der Waals surface area contributed by atoms with E-state index in [1.807, 2.05) is 30.5 Å². The summed E-state index contributed by atoms with van der Waals surface area (Å²) < 4.78 is 21.4. The highest BCUT2D eigenvalue weighted by Gasteiger charge is 2.24. The predicted octanol–water partition coefficient (Wildman–Crippen LogP) is 4.88. The lowest BCUT2D eigenvalue weighted by Gasteiger charge is -2.16. The summed E-state index contributed by atoms with van der Waals surface area (Å²) >= 11 is 1.73. The van der Waals surface area contributed by atoms with E-state index in [2.05, 4.69) is 21.7 Å². The van der Waals surface area contributed by atoms with Crippen LogP contribution in [0.1, 0.15) is 17.4 Å². The number of rotatable bonds is 5. The third kappa shape index (κ3) is 4.62. The number of amides is 1. The molecule has 10 heteroatoms. The number of aromatic nitrogens is 2. The normalized spacial score (nSPS) is 14.0. The number of nitrogens with two attached hydrogens (primary N) is 1. The summed E-state index contributed by atoms with van der Waals surface area (Å²) in [6.45, 7) is 1.49. The van der Waals surface area contributed by atoms with Gasteiger partial charge < -0.3 is 10.6 Å². The minimum Gasteiger partial charge on any atom is -0.326 e. The third-order valence-corrected chi connectivity index (χ3v) is 7.62. The summed E-state index contributed by atoms with van der Waals surface area (Å²) in [5.74, 6) is 0.289. The van der Waals surface area contributed by atoms with E-state index in [-0.39, 0.29) is 10.8 Å². The van der Waals surface area contributed by atoms with Crippen LogP contribution in [0.25, 0.3) is 21.7 Å². The van der Waals surface area contributed by atoms with Crippen LogP contribution in [-0.4, -0.2) is 20.4 Å². The number of anilines is 3. The number of hydrogen-bond donors (Lipinski definition) is 4. The van der Waals surface area contributed by atoms with Gasteiger partial charge in [0, 0.05) is 45.9 Å². The molecule has 5 N–H and O–H groups in total. The molecule has 1 amide bonds. The lowest BCUT2D eigenvalue weighted by molar-refractivity contribution is -0.114. The number of carbonyl (C=O) groups is 1. The van der Waals surface area contributed by atoms with Crippen LogP contribution in [-0.2, 0) is 32.2 Å². The van der Waals surface area contributed by atoms with E-state index in [1.165, 1.54) is 23.9 Å². The van der Waals surface area contributed by atoms with Crippen molar-refractivity contribution >= 4 is 45.0 Å². The summed E-state index contributed by atoms with van der Waals surface area (Å²) in [6, 6.07) is 16.4. The molecule has 0 saturated carbocycles. The van der Waals surface area contributed by atoms with E-state index < -0.39 is 10.4 Å². The molecule has 8 nitrogen and oxygen atoms in total. The maximum atomic E-state index is 11.8. The maximum Gasteiger partial charge on any atom is 0.320 e. The van der Waals surface area contributed by atoms with Crippen molar-refractivity contribution in [1.82, 2.24) is 9.97 Å². The first-order chi connectivity index (χ1) is 16.3. The minimum absolute atomic E-state index is 0.105. The van der Waals surface area contributed by atoms with Gasteiger partial charge in [0.25, 0.3) is 0 Å². The fourth-order valence-corrected chi connectivity index (χ4v) is 5.65. The fraction of sp³-hybridized carbons (Fsp3) is 0.125. The second-order valence-corrected chi connectivity index (χ2v) is 10.7. The predicted molar refractivity (Wildman–Crippen MR) is 135 cm³/mol. The van der Waals surface area contributed by atoms with E-state index in [1.54, 1.807) is 23.5 Å². The zero-order valence-corrected chi connectivity index (χ0v) is 19.9. The zero-order chi connectivity index (χ0) is 23.9. The Morgan fingerprint density at radius 1 is 1.12 bits per heavy atom. The van der Waals surface area contributed by atoms with Gasteiger partial charge in [0.1, 0.15) is 0 Å². The van der Waals surface area contributed by atoms with Crippen molar-refractivity contribution in [2.45, 2.75) is 24.7 Å². The van der Waals surface area contributed by atoms with Crippen molar-refractivity contribution in [2.75, 3.05) is 10.6 Å².